The summed E-state index contributed by atoms with van der Waals surface area (Å²) in [7, 11) is 0. The van der Waals surface area contributed by atoms with E-state index in [9.17, 15) is 0 Å². The van der Waals surface area contributed by atoms with Gasteiger partial charge in [0.25, 0.3) is 5.22 Å². The molecular formula is C11H16N4O2S2. The summed E-state index contributed by atoms with van der Waals surface area (Å²) in [6.07, 6.45) is 2.79. The van der Waals surface area contributed by atoms with Gasteiger partial charge in [-0.05, 0) is 12.2 Å². The lowest BCUT2D eigenvalue weighted by Gasteiger charge is -1.95. The first-order chi connectivity index (χ1) is 9.17. The molecule has 0 aliphatic carbocycles. The first-order valence-corrected chi connectivity index (χ1v) is 8.31. The molecule has 104 valence electrons. The molecule has 2 aromatic rings. The van der Waals surface area contributed by atoms with Gasteiger partial charge in [0.15, 0.2) is 5.82 Å². The van der Waals surface area contributed by atoms with E-state index in [1.807, 2.05) is 6.26 Å². The second-order valence-corrected chi connectivity index (χ2v) is 6.18. The Labute approximate surface area is 120 Å². The molecule has 0 aliphatic rings. The van der Waals surface area contributed by atoms with Gasteiger partial charge in [0.05, 0.1) is 11.5 Å². The van der Waals surface area contributed by atoms with E-state index in [-0.39, 0.29) is 0 Å². The number of hydrogen-bond acceptors (Lipinski definition) is 8. The minimum atomic E-state index is 0.506. The Morgan fingerprint density at radius 1 is 1.16 bits per heavy atom. The number of rotatable bonds is 7. The highest BCUT2D eigenvalue weighted by Gasteiger charge is 2.11. The SMILES string of the molecule is CSCc1nnc(SCc2noc(CC(C)C)n2)o1. The summed E-state index contributed by atoms with van der Waals surface area (Å²) < 4.78 is 10.6. The average molecular weight is 300 g/mol. The van der Waals surface area contributed by atoms with Crippen LogP contribution in [0.4, 0.5) is 0 Å². The molecule has 0 fully saturated rings. The number of thioether (sulfide) groups is 2. The predicted molar refractivity (Wildman–Crippen MR) is 73.9 cm³/mol. The molecule has 0 amide bonds. The minimum Gasteiger partial charge on any atom is -0.415 e. The maximum Gasteiger partial charge on any atom is 0.277 e. The Bertz CT molecular complexity index is 512. The third-order valence-corrected chi connectivity index (χ3v) is 3.48. The van der Waals surface area contributed by atoms with Crippen LogP contribution in [0.5, 0.6) is 0 Å². The molecule has 6 nitrogen and oxygen atoms in total. The van der Waals surface area contributed by atoms with E-state index >= 15 is 0 Å². The van der Waals surface area contributed by atoms with Crippen molar-refractivity contribution in [2.24, 2.45) is 5.92 Å². The van der Waals surface area contributed by atoms with Crippen LogP contribution in [0.15, 0.2) is 14.2 Å². The highest BCUT2D eigenvalue weighted by atomic mass is 32.2. The van der Waals surface area contributed by atoms with Crippen molar-refractivity contribution in [1.82, 2.24) is 20.3 Å². The summed E-state index contributed by atoms with van der Waals surface area (Å²) >= 11 is 3.06. The molecule has 0 saturated heterocycles. The van der Waals surface area contributed by atoms with Crippen molar-refractivity contribution >= 4 is 23.5 Å². The van der Waals surface area contributed by atoms with Gasteiger partial charge in [-0.2, -0.15) is 16.7 Å². The molecule has 2 aromatic heterocycles. The standard InChI is InChI=1S/C11H16N4O2S2/c1-7(2)4-9-12-8(15-17-9)5-19-11-14-13-10(16-11)6-18-3/h7H,4-6H2,1-3H3. The molecule has 0 aliphatic heterocycles. The quantitative estimate of drug-likeness (QED) is 0.722. The first kappa shape index (κ1) is 14.4. The fraction of sp³-hybridized carbons (Fsp3) is 0.636. The third-order valence-electron chi connectivity index (χ3n) is 2.13. The van der Waals surface area contributed by atoms with Gasteiger partial charge in [0.2, 0.25) is 11.8 Å². The van der Waals surface area contributed by atoms with Gasteiger partial charge >= 0.3 is 0 Å². The van der Waals surface area contributed by atoms with Gasteiger partial charge in [0, 0.05) is 6.42 Å². The minimum absolute atomic E-state index is 0.506. The molecule has 0 aromatic carbocycles. The smallest absolute Gasteiger partial charge is 0.277 e. The van der Waals surface area contributed by atoms with Crippen molar-refractivity contribution in [3.05, 3.63) is 17.6 Å². The zero-order valence-electron chi connectivity index (χ0n) is 11.1. The van der Waals surface area contributed by atoms with Gasteiger partial charge in [-0.25, -0.2) is 0 Å². The predicted octanol–water partition coefficient (Wildman–Crippen LogP) is 2.81. The Morgan fingerprint density at radius 2 is 2.00 bits per heavy atom. The van der Waals surface area contributed by atoms with E-state index in [0.717, 1.165) is 12.2 Å². The van der Waals surface area contributed by atoms with Gasteiger partial charge < -0.3 is 8.94 Å². The van der Waals surface area contributed by atoms with Crippen molar-refractivity contribution < 1.29 is 8.94 Å². The summed E-state index contributed by atoms with van der Waals surface area (Å²) in [4.78, 5) is 4.32. The Kier molecular flexibility index (Phi) is 5.26. The van der Waals surface area contributed by atoms with Gasteiger partial charge in [-0.1, -0.05) is 30.8 Å². The summed E-state index contributed by atoms with van der Waals surface area (Å²) in [5.74, 6) is 3.79. The van der Waals surface area contributed by atoms with Crippen molar-refractivity contribution in [2.45, 2.75) is 37.0 Å². The molecule has 0 saturated carbocycles. The molecule has 0 unspecified atom stereocenters. The fourth-order valence-corrected chi connectivity index (χ4v) is 2.37. The van der Waals surface area contributed by atoms with Gasteiger partial charge in [-0.15, -0.1) is 10.2 Å². The number of nitrogens with zero attached hydrogens (tertiary/aromatic N) is 4. The first-order valence-electron chi connectivity index (χ1n) is 5.93. The van der Waals surface area contributed by atoms with Crippen molar-refractivity contribution in [3.8, 4) is 0 Å². The van der Waals surface area contributed by atoms with Crippen molar-refractivity contribution in [3.63, 3.8) is 0 Å². The van der Waals surface area contributed by atoms with Crippen LogP contribution in [-0.2, 0) is 17.9 Å². The molecule has 19 heavy (non-hydrogen) atoms. The van der Waals surface area contributed by atoms with Gasteiger partial charge in [0.1, 0.15) is 0 Å². The fourth-order valence-electron chi connectivity index (χ4n) is 1.39. The second-order valence-electron chi connectivity index (χ2n) is 4.39. The van der Waals surface area contributed by atoms with Crippen LogP contribution >= 0.6 is 23.5 Å². The van der Waals surface area contributed by atoms with Crippen LogP contribution in [0.3, 0.4) is 0 Å². The van der Waals surface area contributed by atoms with Crippen LogP contribution in [0, 0.1) is 5.92 Å². The van der Waals surface area contributed by atoms with Crippen LogP contribution in [0.25, 0.3) is 0 Å². The zero-order valence-corrected chi connectivity index (χ0v) is 12.8. The maximum atomic E-state index is 5.45. The van der Waals surface area contributed by atoms with Crippen LogP contribution < -0.4 is 0 Å². The molecule has 8 heteroatoms. The van der Waals surface area contributed by atoms with Crippen molar-refractivity contribution in [2.75, 3.05) is 6.26 Å². The lowest BCUT2D eigenvalue weighted by atomic mass is 10.1. The molecule has 2 rings (SSSR count). The van der Waals surface area contributed by atoms with E-state index in [1.165, 1.54) is 11.8 Å². The zero-order chi connectivity index (χ0) is 13.7. The maximum absolute atomic E-state index is 5.45. The van der Waals surface area contributed by atoms with Gasteiger partial charge in [-0.3, -0.25) is 0 Å². The third kappa shape index (κ3) is 4.54. The van der Waals surface area contributed by atoms with Crippen molar-refractivity contribution in [1.29, 1.82) is 0 Å². The van der Waals surface area contributed by atoms with E-state index in [2.05, 4.69) is 34.2 Å². The van der Waals surface area contributed by atoms with E-state index in [4.69, 9.17) is 8.94 Å². The van der Waals surface area contributed by atoms with E-state index in [1.54, 1.807) is 11.8 Å². The van der Waals surface area contributed by atoms with Crippen LogP contribution in [0.1, 0.15) is 31.5 Å². The Morgan fingerprint density at radius 3 is 2.74 bits per heavy atom. The highest BCUT2D eigenvalue weighted by molar-refractivity contribution is 7.98. The highest BCUT2D eigenvalue weighted by Crippen LogP contribution is 2.21. The molecule has 0 spiro atoms. The molecule has 0 radical (unpaired) electrons. The summed E-state index contributed by atoms with van der Waals surface area (Å²) in [5, 5.41) is 12.4. The van der Waals surface area contributed by atoms with E-state index in [0.29, 0.717) is 34.5 Å². The Balaban J connectivity index is 1.85. The lowest BCUT2D eigenvalue weighted by Crippen LogP contribution is -1.94. The summed E-state index contributed by atoms with van der Waals surface area (Å²) in [5.41, 5.74) is 0. The average Bonchev–Trinajstić information content (AvgIpc) is 2.96. The molecule has 2 heterocycles. The normalized spacial score (nSPS) is 11.4. The van der Waals surface area contributed by atoms with Crippen LogP contribution in [-0.4, -0.2) is 26.6 Å². The molecule has 0 bridgehead atoms. The topological polar surface area (TPSA) is 77.8 Å². The number of hydrogen-bond donors (Lipinski definition) is 0. The van der Waals surface area contributed by atoms with E-state index < -0.39 is 0 Å². The summed E-state index contributed by atoms with van der Waals surface area (Å²) in [6.45, 7) is 4.23. The number of aromatic nitrogens is 4. The molecular weight excluding hydrogens is 284 g/mol. The second kappa shape index (κ2) is 6.95. The largest absolute Gasteiger partial charge is 0.415 e. The molecule has 0 N–H and O–H groups in total. The van der Waals surface area contributed by atoms with Crippen LogP contribution in [0.2, 0.25) is 0 Å². The monoisotopic (exact) mass is 300 g/mol. The Hall–Kier alpha value is -1.02. The lowest BCUT2D eigenvalue weighted by molar-refractivity contribution is 0.360. The summed E-state index contributed by atoms with van der Waals surface area (Å²) in [6, 6.07) is 0. The molecule has 0 atom stereocenters.